The first-order valence-corrected chi connectivity index (χ1v) is 8.76. The van der Waals surface area contributed by atoms with Gasteiger partial charge in [-0.1, -0.05) is 90.5 Å². The van der Waals surface area contributed by atoms with Crippen LogP contribution in [0.3, 0.4) is 0 Å². The number of rotatable bonds is 3. The van der Waals surface area contributed by atoms with Crippen LogP contribution in [0.2, 0.25) is 0 Å². The average Bonchev–Trinajstić information content (AvgIpc) is 2.70. The van der Waals surface area contributed by atoms with E-state index in [-0.39, 0.29) is 0 Å². The van der Waals surface area contributed by atoms with Gasteiger partial charge < -0.3 is 5.11 Å². The van der Waals surface area contributed by atoms with Gasteiger partial charge in [0.25, 0.3) is 0 Å². The van der Waals surface area contributed by atoms with Crippen LogP contribution >= 0.6 is 0 Å². The van der Waals surface area contributed by atoms with Crippen LogP contribution in [-0.4, -0.2) is 5.11 Å². The minimum Gasteiger partial charge on any atom is -0.508 e. The molecule has 126 valence electrons. The zero-order chi connectivity index (χ0) is 17.9. The number of phenolic OH excluding ortho intramolecular Hbond substituents is 1. The largest absolute Gasteiger partial charge is 0.508 e. The summed E-state index contributed by atoms with van der Waals surface area (Å²) in [6, 6.07) is 33.1. The zero-order valence-electron chi connectivity index (χ0n) is 14.7. The minimum absolute atomic E-state index is 0.291. The molecule has 0 bridgehead atoms. The molecule has 4 rings (SSSR count). The number of aromatic hydroxyl groups is 1. The highest BCUT2D eigenvalue weighted by Gasteiger charge is 2.02. The summed E-state index contributed by atoms with van der Waals surface area (Å²) in [5.41, 5.74) is 8.40. The van der Waals surface area contributed by atoms with Crippen LogP contribution in [0.4, 0.5) is 0 Å². The molecular formula is C25H20O. The van der Waals surface area contributed by atoms with E-state index >= 15 is 0 Å². The summed E-state index contributed by atoms with van der Waals surface area (Å²) in [5.74, 6) is 0.291. The Labute approximate surface area is 154 Å². The Hall–Kier alpha value is -3.32. The van der Waals surface area contributed by atoms with Crippen molar-refractivity contribution in [2.45, 2.75) is 6.92 Å². The quantitative estimate of drug-likeness (QED) is 0.441. The van der Waals surface area contributed by atoms with Crippen LogP contribution < -0.4 is 0 Å². The molecule has 0 unspecified atom stereocenters. The maximum atomic E-state index is 9.41. The van der Waals surface area contributed by atoms with E-state index in [0.29, 0.717) is 5.75 Å². The molecule has 1 nitrogen and oxygen atoms in total. The van der Waals surface area contributed by atoms with Crippen molar-refractivity contribution in [2.75, 3.05) is 0 Å². The highest BCUT2D eigenvalue weighted by molar-refractivity contribution is 5.73. The second kappa shape index (κ2) is 6.89. The highest BCUT2D eigenvalue weighted by Crippen LogP contribution is 2.28. The van der Waals surface area contributed by atoms with Crippen LogP contribution in [0.25, 0.3) is 33.4 Å². The van der Waals surface area contributed by atoms with E-state index in [2.05, 4.69) is 79.7 Å². The molecule has 1 N–H and O–H groups in total. The van der Waals surface area contributed by atoms with Crippen LogP contribution in [0.15, 0.2) is 97.1 Å². The third kappa shape index (κ3) is 3.38. The molecule has 26 heavy (non-hydrogen) atoms. The van der Waals surface area contributed by atoms with E-state index in [1.54, 1.807) is 12.1 Å². The molecule has 0 aromatic heterocycles. The smallest absolute Gasteiger partial charge is 0.115 e. The SMILES string of the molecule is Cc1ccc(-c2ccc(-c3ccc(-c4ccc(O)cc4)cc3)cc2)cc1. The predicted octanol–water partition coefficient (Wildman–Crippen LogP) is 6.70. The number of benzene rings is 4. The molecule has 0 heterocycles. The molecule has 0 amide bonds. The van der Waals surface area contributed by atoms with E-state index < -0.39 is 0 Å². The maximum Gasteiger partial charge on any atom is 0.115 e. The fourth-order valence-electron chi connectivity index (χ4n) is 3.11. The van der Waals surface area contributed by atoms with Gasteiger partial charge in [-0.15, -0.1) is 0 Å². The zero-order valence-corrected chi connectivity index (χ0v) is 14.7. The lowest BCUT2D eigenvalue weighted by Gasteiger charge is -2.07. The van der Waals surface area contributed by atoms with E-state index in [9.17, 15) is 5.11 Å². The second-order valence-electron chi connectivity index (χ2n) is 6.57. The van der Waals surface area contributed by atoms with Gasteiger partial charge in [-0.05, 0) is 52.4 Å². The number of hydrogen-bond donors (Lipinski definition) is 1. The highest BCUT2D eigenvalue weighted by atomic mass is 16.3. The molecule has 0 spiro atoms. The van der Waals surface area contributed by atoms with Gasteiger partial charge in [0.05, 0.1) is 0 Å². The lowest BCUT2D eigenvalue weighted by atomic mass is 9.98. The lowest BCUT2D eigenvalue weighted by Crippen LogP contribution is -1.82. The Morgan fingerprint density at radius 3 is 0.923 bits per heavy atom. The Bertz CT molecular complexity index is 907. The third-order valence-corrected chi connectivity index (χ3v) is 4.69. The van der Waals surface area contributed by atoms with Crippen molar-refractivity contribution < 1.29 is 5.11 Å². The minimum atomic E-state index is 0.291. The Morgan fingerprint density at radius 2 is 0.615 bits per heavy atom. The van der Waals surface area contributed by atoms with Crippen molar-refractivity contribution in [1.82, 2.24) is 0 Å². The van der Waals surface area contributed by atoms with Crippen molar-refractivity contribution in [2.24, 2.45) is 0 Å². The van der Waals surface area contributed by atoms with Crippen LogP contribution in [0.5, 0.6) is 5.75 Å². The summed E-state index contributed by atoms with van der Waals surface area (Å²) >= 11 is 0. The molecule has 0 aliphatic carbocycles. The molecule has 4 aromatic rings. The van der Waals surface area contributed by atoms with E-state index in [0.717, 1.165) is 11.1 Å². The predicted molar refractivity (Wildman–Crippen MR) is 109 cm³/mol. The summed E-state index contributed by atoms with van der Waals surface area (Å²) < 4.78 is 0. The Balaban J connectivity index is 1.57. The van der Waals surface area contributed by atoms with Crippen molar-refractivity contribution in [3.05, 3.63) is 103 Å². The van der Waals surface area contributed by atoms with E-state index in [1.807, 2.05) is 12.1 Å². The molecule has 0 saturated carbocycles. The van der Waals surface area contributed by atoms with E-state index in [4.69, 9.17) is 0 Å². The first-order chi connectivity index (χ1) is 12.7. The normalized spacial score (nSPS) is 10.7. The van der Waals surface area contributed by atoms with Crippen molar-refractivity contribution in [3.63, 3.8) is 0 Å². The number of aryl methyl sites for hydroxylation is 1. The summed E-state index contributed by atoms with van der Waals surface area (Å²) in [5, 5.41) is 9.41. The van der Waals surface area contributed by atoms with Gasteiger partial charge in [0, 0.05) is 0 Å². The van der Waals surface area contributed by atoms with Crippen molar-refractivity contribution in [1.29, 1.82) is 0 Å². The molecule has 0 radical (unpaired) electrons. The first-order valence-electron chi connectivity index (χ1n) is 8.76. The van der Waals surface area contributed by atoms with Crippen molar-refractivity contribution in [3.8, 4) is 39.1 Å². The van der Waals surface area contributed by atoms with Gasteiger partial charge in [0.2, 0.25) is 0 Å². The Kier molecular flexibility index (Phi) is 4.28. The molecule has 0 saturated heterocycles. The van der Waals surface area contributed by atoms with Gasteiger partial charge in [0.1, 0.15) is 5.75 Å². The summed E-state index contributed by atoms with van der Waals surface area (Å²) in [6.45, 7) is 2.11. The second-order valence-corrected chi connectivity index (χ2v) is 6.57. The number of hydrogen-bond acceptors (Lipinski definition) is 1. The monoisotopic (exact) mass is 336 g/mol. The molecule has 1 heteroatoms. The van der Waals surface area contributed by atoms with E-state index in [1.165, 1.54) is 27.8 Å². The summed E-state index contributed by atoms with van der Waals surface area (Å²) in [7, 11) is 0. The molecular weight excluding hydrogens is 316 g/mol. The standard InChI is InChI=1S/C25H20O/c1-18-2-4-19(5-3-18)20-6-8-21(9-7-20)22-10-12-23(13-11-22)24-14-16-25(26)17-15-24/h2-17,26H,1H3. The Morgan fingerprint density at radius 1 is 0.385 bits per heavy atom. The lowest BCUT2D eigenvalue weighted by molar-refractivity contribution is 0.475. The van der Waals surface area contributed by atoms with Gasteiger partial charge >= 0.3 is 0 Å². The number of phenols is 1. The van der Waals surface area contributed by atoms with Crippen molar-refractivity contribution >= 4 is 0 Å². The van der Waals surface area contributed by atoms with Gasteiger partial charge in [-0.3, -0.25) is 0 Å². The molecule has 4 aromatic carbocycles. The average molecular weight is 336 g/mol. The molecule has 0 fully saturated rings. The van der Waals surface area contributed by atoms with Crippen LogP contribution in [-0.2, 0) is 0 Å². The summed E-state index contributed by atoms with van der Waals surface area (Å²) in [6.07, 6.45) is 0. The van der Waals surface area contributed by atoms with Gasteiger partial charge in [0.15, 0.2) is 0 Å². The van der Waals surface area contributed by atoms with Crippen LogP contribution in [0, 0.1) is 6.92 Å². The molecule has 0 aliphatic rings. The maximum absolute atomic E-state index is 9.41. The van der Waals surface area contributed by atoms with Gasteiger partial charge in [-0.25, -0.2) is 0 Å². The fraction of sp³-hybridized carbons (Fsp3) is 0.0400. The fourth-order valence-corrected chi connectivity index (χ4v) is 3.11. The molecule has 0 atom stereocenters. The summed E-state index contributed by atoms with van der Waals surface area (Å²) in [4.78, 5) is 0. The third-order valence-electron chi connectivity index (χ3n) is 4.69. The van der Waals surface area contributed by atoms with Gasteiger partial charge in [-0.2, -0.15) is 0 Å². The molecule has 0 aliphatic heterocycles. The topological polar surface area (TPSA) is 20.2 Å². The van der Waals surface area contributed by atoms with Crippen LogP contribution in [0.1, 0.15) is 5.56 Å². The first kappa shape index (κ1) is 16.2.